The van der Waals surface area contributed by atoms with Gasteiger partial charge < -0.3 is 5.11 Å². The van der Waals surface area contributed by atoms with Crippen molar-refractivity contribution in [3.8, 4) is 5.75 Å². The summed E-state index contributed by atoms with van der Waals surface area (Å²) in [5.74, 6) is 0.632. The lowest BCUT2D eigenvalue weighted by molar-refractivity contribution is 0.475. The van der Waals surface area contributed by atoms with Gasteiger partial charge in [0.05, 0.1) is 10.0 Å². The molecule has 16 heavy (non-hydrogen) atoms. The first-order valence-electron chi connectivity index (χ1n) is 4.72. The number of rotatable bonds is 4. The van der Waals surface area contributed by atoms with Gasteiger partial charge in [0.1, 0.15) is 5.02 Å². The predicted molar refractivity (Wildman–Crippen MR) is 73.3 cm³/mol. The molecule has 0 atom stereocenters. The predicted octanol–water partition coefficient (Wildman–Crippen LogP) is 5.41. The van der Waals surface area contributed by atoms with Gasteiger partial charge in [-0.15, -0.1) is 11.8 Å². The van der Waals surface area contributed by atoms with Gasteiger partial charge in [0.2, 0.25) is 0 Å². The molecule has 0 heterocycles. The van der Waals surface area contributed by atoms with Crippen LogP contribution in [0.5, 0.6) is 5.75 Å². The fourth-order valence-electron chi connectivity index (χ4n) is 1.04. The van der Waals surface area contributed by atoms with Crippen LogP contribution in [0.3, 0.4) is 0 Å². The first kappa shape index (κ1) is 14.0. The van der Waals surface area contributed by atoms with Gasteiger partial charge in [-0.1, -0.05) is 53.9 Å². The highest BCUT2D eigenvalue weighted by atomic mass is 35.5. The summed E-state index contributed by atoms with van der Waals surface area (Å²) in [5.41, 5.74) is 0. The van der Waals surface area contributed by atoms with Gasteiger partial charge >= 0.3 is 0 Å². The van der Waals surface area contributed by atoms with E-state index in [-0.39, 0.29) is 15.8 Å². The molecule has 1 N–H and O–H groups in total. The van der Waals surface area contributed by atoms with Crippen LogP contribution in [0.25, 0.3) is 0 Å². The molecule has 0 aliphatic carbocycles. The summed E-state index contributed by atoms with van der Waals surface area (Å²) < 4.78 is 0. The SMILES string of the molecule is CC/C=C/CSc1cc(Cl)c(O)c(Cl)c1Cl. The Hall–Kier alpha value is -0.0200. The summed E-state index contributed by atoms with van der Waals surface area (Å²) in [7, 11) is 0. The Morgan fingerprint density at radius 1 is 1.25 bits per heavy atom. The molecule has 0 aromatic heterocycles. The van der Waals surface area contributed by atoms with Gasteiger partial charge in [-0.2, -0.15) is 0 Å². The zero-order valence-corrected chi connectivity index (χ0v) is 11.7. The molecule has 1 aromatic carbocycles. The average Bonchev–Trinajstić information content (AvgIpc) is 2.28. The van der Waals surface area contributed by atoms with Crippen LogP contribution in [0.2, 0.25) is 15.1 Å². The largest absolute Gasteiger partial charge is 0.505 e. The Morgan fingerprint density at radius 2 is 1.94 bits per heavy atom. The van der Waals surface area contributed by atoms with Gasteiger partial charge in [-0.25, -0.2) is 0 Å². The Kier molecular flexibility index (Phi) is 5.84. The molecule has 1 nitrogen and oxygen atoms in total. The van der Waals surface area contributed by atoms with Crippen molar-refractivity contribution in [1.29, 1.82) is 0 Å². The molecule has 5 heteroatoms. The highest BCUT2D eigenvalue weighted by molar-refractivity contribution is 7.99. The van der Waals surface area contributed by atoms with Crippen LogP contribution < -0.4 is 0 Å². The second-order valence-electron chi connectivity index (χ2n) is 3.02. The number of halogens is 3. The van der Waals surface area contributed by atoms with Crippen molar-refractivity contribution in [3.63, 3.8) is 0 Å². The zero-order chi connectivity index (χ0) is 12.1. The molecule has 0 fully saturated rings. The first-order chi connectivity index (χ1) is 7.57. The van der Waals surface area contributed by atoms with E-state index < -0.39 is 0 Å². The monoisotopic (exact) mass is 296 g/mol. The maximum absolute atomic E-state index is 9.45. The van der Waals surface area contributed by atoms with Crippen LogP contribution >= 0.6 is 46.6 Å². The number of hydrogen-bond acceptors (Lipinski definition) is 2. The van der Waals surface area contributed by atoms with Crippen LogP contribution in [0.4, 0.5) is 0 Å². The molecule has 0 aliphatic rings. The second-order valence-corrected chi connectivity index (χ2v) is 5.25. The van der Waals surface area contributed by atoms with Crippen LogP contribution in [0, 0.1) is 0 Å². The van der Waals surface area contributed by atoms with Gasteiger partial charge in [0.15, 0.2) is 5.75 Å². The number of thioether (sulfide) groups is 1. The molecular weight excluding hydrogens is 287 g/mol. The van der Waals surface area contributed by atoms with E-state index in [1.165, 1.54) is 11.8 Å². The van der Waals surface area contributed by atoms with E-state index in [4.69, 9.17) is 34.8 Å². The minimum absolute atomic E-state index is 0.108. The quantitative estimate of drug-likeness (QED) is 0.455. The smallest absolute Gasteiger partial charge is 0.154 e. The lowest BCUT2D eigenvalue weighted by Crippen LogP contribution is -1.81. The first-order valence-corrected chi connectivity index (χ1v) is 6.84. The minimum Gasteiger partial charge on any atom is -0.505 e. The molecule has 88 valence electrons. The van der Waals surface area contributed by atoms with Crippen molar-refractivity contribution in [2.45, 2.75) is 18.2 Å². The number of allylic oxidation sites excluding steroid dienone is 1. The maximum atomic E-state index is 9.45. The van der Waals surface area contributed by atoms with Crippen molar-refractivity contribution in [2.75, 3.05) is 5.75 Å². The average molecular weight is 298 g/mol. The number of aromatic hydroxyl groups is 1. The van der Waals surface area contributed by atoms with E-state index in [0.29, 0.717) is 5.02 Å². The fourth-order valence-corrected chi connectivity index (χ4v) is 2.77. The van der Waals surface area contributed by atoms with Gasteiger partial charge in [-0.3, -0.25) is 0 Å². The summed E-state index contributed by atoms with van der Waals surface area (Å²) >= 11 is 19.2. The number of phenolic OH excluding ortho intramolecular Hbond substituents is 1. The number of hydrogen-bond donors (Lipinski definition) is 1. The third kappa shape index (κ3) is 3.49. The maximum Gasteiger partial charge on any atom is 0.154 e. The van der Waals surface area contributed by atoms with E-state index in [0.717, 1.165) is 17.1 Å². The summed E-state index contributed by atoms with van der Waals surface area (Å²) in [6.07, 6.45) is 5.13. The topological polar surface area (TPSA) is 20.2 Å². The van der Waals surface area contributed by atoms with Gasteiger partial charge in [0, 0.05) is 10.6 Å². The third-order valence-electron chi connectivity index (χ3n) is 1.84. The molecule has 0 radical (unpaired) electrons. The van der Waals surface area contributed by atoms with Crippen molar-refractivity contribution < 1.29 is 5.11 Å². The zero-order valence-electron chi connectivity index (χ0n) is 8.64. The Morgan fingerprint density at radius 3 is 2.56 bits per heavy atom. The normalized spacial score (nSPS) is 11.2. The lowest BCUT2D eigenvalue weighted by Gasteiger charge is -2.07. The molecule has 0 saturated heterocycles. The van der Waals surface area contributed by atoms with Crippen molar-refractivity contribution in [1.82, 2.24) is 0 Å². The second kappa shape index (κ2) is 6.65. The Balaban J connectivity index is 2.85. The number of phenols is 1. The molecule has 0 amide bonds. The molecule has 0 spiro atoms. The van der Waals surface area contributed by atoms with Crippen LogP contribution in [0.15, 0.2) is 23.1 Å². The van der Waals surface area contributed by atoms with Crippen molar-refractivity contribution in [3.05, 3.63) is 33.3 Å². The highest BCUT2D eigenvalue weighted by Crippen LogP contribution is 2.43. The van der Waals surface area contributed by atoms with E-state index in [2.05, 4.69) is 19.1 Å². The van der Waals surface area contributed by atoms with Crippen molar-refractivity contribution in [2.24, 2.45) is 0 Å². The van der Waals surface area contributed by atoms with E-state index in [1.807, 2.05) is 0 Å². The highest BCUT2D eigenvalue weighted by Gasteiger charge is 2.13. The Labute approximate surface area is 114 Å². The molecular formula is C11H11Cl3OS. The molecule has 0 saturated carbocycles. The van der Waals surface area contributed by atoms with Gasteiger partial charge in [-0.05, 0) is 12.5 Å². The summed E-state index contributed by atoms with van der Waals surface area (Å²) in [4.78, 5) is 0.773. The van der Waals surface area contributed by atoms with Crippen molar-refractivity contribution >= 4 is 46.6 Å². The third-order valence-corrected chi connectivity index (χ3v) is 4.09. The summed E-state index contributed by atoms with van der Waals surface area (Å²) in [5, 5.41) is 10.1. The fraction of sp³-hybridized carbons (Fsp3) is 0.273. The van der Waals surface area contributed by atoms with Gasteiger partial charge in [0.25, 0.3) is 0 Å². The summed E-state index contributed by atoms with van der Waals surface area (Å²) in [6.45, 7) is 2.07. The number of benzene rings is 1. The van der Waals surface area contributed by atoms with E-state index >= 15 is 0 Å². The summed E-state index contributed by atoms with van der Waals surface area (Å²) in [6, 6.07) is 1.62. The molecule has 1 aromatic rings. The van der Waals surface area contributed by atoms with Crippen LogP contribution in [0.1, 0.15) is 13.3 Å². The molecule has 0 unspecified atom stereocenters. The van der Waals surface area contributed by atoms with Crippen LogP contribution in [-0.2, 0) is 0 Å². The van der Waals surface area contributed by atoms with Crippen LogP contribution in [-0.4, -0.2) is 10.9 Å². The standard InChI is InChI=1S/C11H11Cl3OS/c1-2-3-4-5-16-8-6-7(12)11(15)10(14)9(8)13/h3-4,6,15H,2,5H2,1H3/b4-3+. The van der Waals surface area contributed by atoms with E-state index in [1.54, 1.807) is 6.07 Å². The Bertz CT molecular complexity index is 405. The van der Waals surface area contributed by atoms with E-state index in [9.17, 15) is 5.11 Å². The molecule has 1 rings (SSSR count). The molecule has 0 aliphatic heterocycles. The minimum atomic E-state index is -0.165. The lowest BCUT2D eigenvalue weighted by atomic mass is 10.3. The molecule has 0 bridgehead atoms.